The molecule has 1 aromatic rings. The van der Waals surface area contributed by atoms with E-state index in [1.807, 2.05) is 6.08 Å². The van der Waals surface area contributed by atoms with Crippen LogP contribution in [0.4, 0.5) is 0 Å². The number of aryl methyl sites for hydroxylation is 1. The van der Waals surface area contributed by atoms with E-state index in [2.05, 4.69) is 38.4 Å². The maximum atomic E-state index is 3.75. The molecule has 0 fully saturated rings. The average Bonchev–Trinajstić information content (AvgIpc) is 2.29. The van der Waals surface area contributed by atoms with Crippen molar-refractivity contribution in [2.24, 2.45) is 5.92 Å². The normalized spacial score (nSPS) is 10.7. The minimum atomic E-state index is 0.709. The molecular formula is C11H17N. The van der Waals surface area contributed by atoms with Gasteiger partial charge >= 0.3 is 0 Å². The number of hydrogen-bond acceptors (Lipinski definition) is 0. The molecule has 0 aromatic carbocycles. The van der Waals surface area contributed by atoms with E-state index in [0.717, 1.165) is 12.1 Å². The number of aromatic nitrogens is 1. The highest BCUT2D eigenvalue weighted by Crippen LogP contribution is 2.13. The van der Waals surface area contributed by atoms with Gasteiger partial charge in [-0.25, -0.2) is 0 Å². The second-order valence-corrected chi connectivity index (χ2v) is 3.69. The Morgan fingerprint density at radius 1 is 1.58 bits per heavy atom. The third-order valence-corrected chi connectivity index (χ3v) is 1.94. The highest BCUT2D eigenvalue weighted by atomic mass is 14.7. The molecule has 1 N–H and O–H groups in total. The predicted octanol–water partition coefficient (Wildman–Crippen LogP) is 3.16. The molecule has 1 nitrogen and oxygen atoms in total. The molecule has 0 saturated carbocycles. The van der Waals surface area contributed by atoms with E-state index in [0.29, 0.717) is 5.92 Å². The Morgan fingerprint density at radius 2 is 2.25 bits per heavy atom. The van der Waals surface area contributed by atoms with Crippen LogP contribution < -0.4 is 0 Å². The highest BCUT2D eigenvalue weighted by Gasteiger charge is 2.02. The van der Waals surface area contributed by atoms with Crippen molar-refractivity contribution >= 4 is 6.08 Å². The van der Waals surface area contributed by atoms with Gasteiger partial charge in [0.15, 0.2) is 0 Å². The Hall–Kier alpha value is -0.980. The molecule has 0 spiro atoms. The first-order valence-corrected chi connectivity index (χ1v) is 4.44. The molecule has 0 atom stereocenters. The molecule has 1 aromatic heterocycles. The van der Waals surface area contributed by atoms with Crippen LogP contribution >= 0.6 is 0 Å². The summed E-state index contributed by atoms with van der Waals surface area (Å²) < 4.78 is 0. The van der Waals surface area contributed by atoms with Gasteiger partial charge in [0.05, 0.1) is 0 Å². The second-order valence-electron chi connectivity index (χ2n) is 3.69. The summed E-state index contributed by atoms with van der Waals surface area (Å²) in [4.78, 5) is 3.34. The van der Waals surface area contributed by atoms with Gasteiger partial charge in [-0.1, -0.05) is 20.4 Å². The smallest absolute Gasteiger partial charge is 0.0406 e. The van der Waals surface area contributed by atoms with Crippen LogP contribution in [0.1, 0.15) is 30.8 Å². The maximum absolute atomic E-state index is 3.75. The van der Waals surface area contributed by atoms with Gasteiger partial charge in [-0.3, -0.25) is 0 Å². The maximum Gasteiger partial charge on any atom is 0.0406 e. The fraction of sp³-hybridized carbons (Fsp3) is 0.455. The summed E-state index contributed by atoms with van der Waals surface area (Å²) in [5, 5.41) is 0. The lowest BCUT2D eigenvalue weighted by molar-refractivity contribution is 0.637. The SMILES string of the molecule is C=Cc1[nH]c(CC(C)C)cc1C. The monoisotopic (exact) mass is 163 g/mol. The van der Waals surface area contributed by atoms with Crippen molar-refractivity contribution in [1.82, 2.24) is 4.98 Å². The summed E-state index contributed by atoms with van der Waals surface area (Å²) >= 11 is 0. The van der Waals surface area contributed by atoms with Crippen molar-refractivity contribution < 1.29 is 0 Å². The Kier molecular flexibility index (Phi) is 2.74. The third-order valence-electron chi connectivity index (χ3n) is 1.94. The van der Waals surface area contributed by atoms with E-state index in [4.69, 9.17) is 0 Å². The molecular weight excluding hydrogens is 146 g/mol. The molecule has 0 unspecified atom stereocenters. The van der Waals surface area contributed by atoms with Crippen molar-refractivity contribution in [1.29, 1.82) is 0 Å². The van der Waals surface area contributed by atoms with Gasteiger partial charge < -0.3 is 4.98 Å². The van der Waals surface area contributed by atoms with Gasteiger partial charge in [-0.15, -0.1) is 0 Å². The quantitative estimate of drug-likeness (QED) is 0.704. The minimum Gasteiger partial charge on any atom is -0.359 e. The summed E-state index contributed by atoms with van der Waals surface area (Å²) in [6.45, 7) is 10.3. The number of rotatable bonds is 3. The van der Waals surface area contributed by atoms with E-state index >= 15 is 0 Å². The Labute approximate surface area is 74.5 Å². The van der Waals surface area contributed by atoms with Gasteiger partial charge in [0.2, 0.25) is 0 Å². The predicted molar refractivity (Wildman–Crippen MR) is 54.2 cm³/mol. The van der Waals surface area contributed by atoms with Crippen LogP contribution in [-0.4, -0.2) is 4.98 Å². The molecule has 1 heteroatoms. The first-order valence-electron chi connectivity index (χ1n) is 4.44. The van der Waals surface area contributed by atoms with Crippen LogP contribution in [0.5, 0.6) is 0 Å². The number of aromatic amines is 1. The molecule has 0 saturated heterocycles. The molecule has 1 rings (SSSR count). The zero-order chi connectivity index (χ0) is 9.14. The van der Waals surface area contributed by atoms with Crippen molar-refractivity contribution in [3.63, 3.8) is 0 Å². The van der Waals surface area contributed by atoms with Crippen LogP contribution in [0.25, 0.3) is 6.08 Å². The van der Waals surface area contributed by atoms with Crippen LogP contribution in [0.3, 0.4) is 0 Å². The summed E-state index contributed by atoms with van der Waals surface area (Å²) in [6.07, 6.45) is 2.99. The van der Waals surface area contributed by atoms with Crippen molar-refractivity contribution in [2.75, 3.05) is 0 Å². The average molecular weight is 163 g/mol. The fourth-order valence-corrected chi connectivity index (χ4v) is 1.41. The van der Waals surface area contributed by atoms with Gasteiger partial charge in [-0.2, -0.15) is 0 Å². The van der Waals surface area contributed by atoms with E-state index in [1.54, 1.807) is 0 Å². The summed E-state index contributed by atoms with van der Waals surface area (Å²) in [6, 6.07) is 2.21. The van der Waals surface area contributed by atoms with Crippen LogP contribution in [0.2, 0.25) is 0 Å². The van der Waals surface area contributed by atoms with Gasteiger partial charge in [0, 0.05) is 11.4 Å². The number of nitrogens with one attached hydrogen (secondary N) is 1. The fourth-order valence-electron chi connectivity index (χ4n) is 1.41. The minimum absolute atomic E-state index is 0.709. The molecule has 0 aliphatic heterocycles. The zero-order valence-electron chi connectivity index (χ0n) is 8.15. The van der Waals surface area contributed by atoms with Crippen molar-refractivity contribution in [3.8, 4) is 0 Å². The van der Waals surface area contributed by atoms with E-state index < -0.39 is 0 Å². The Morgan fingerprint density at radius 3 is 2.67 bits per heavy atom. The lowest BCUT2D eigenvalue weighted by atomic mass is 10.1. The topological polar surface area (TPSA) is 15.8 Å². The van der Waals surface area contributed by atoms with E-state index in [-0.39, 0.29) is 0 Å². The van der Waals surface area contributed by atoms with Crippen LogP contribution in [-0.2, 0) is 6.42 Å². The highest BCUT2D eigenvalue weighted by molar-refractivity contribution is 5.48. The molecule has 0 radical (unpaired) electrons. The van der Waals surface area contributed by atoms with Gasteiger partial charge in [0.25, 0.3) is 0 Å². The number of H-pyrrole nitrogens is 1. The first kappa shape index (κ1) is 9.11. The lowest BCUT2D eigenvalue weighted by Crippen LogP contribution is -1.93. The standard InChI is InChI=1S/C11H17N/c1-5-11-9(4)7-10(12-11)6-8(2)3/h5,7-8,12H,1,6H2,2-4H3. The number of hydrogen-bond donors (Lipinski definition) is 1. The molecule has 0 aliphatic rings. The van der Waals surface area contributed by atoms with E-state index in [9.17, 15) is 0 Å². The lowest BCUT2D eigenvalue weighted by Gasteiger charge is -2.00. The van der Waals surface area contributed by atoms with Crippen molar-refractivity contribution in [2.45, 2.75) is 27.2 Å². The first-order chi connectivity index (χ1) is 5.63. The molecule has 0 aliphatic carbocycles. The molecule has 12 heavy (non-hydrogen) atoms. The van der Waals surface area contributed by atoms with Crippen molar-refractivity contribution in [3.05, 3.63) is 29.6 Å². The molecule has 66 valence electrons. The Balaban J connectivity index is 2.82. The second kappa shape index (κ2) is 3.61. The summed E-state index contributed by atoms with van der Waals surface area (Å²) in [7, 11) is 0. The molecule has 0 amide bonds. The van der Waals surface area contributed by atoms with Crippen LogP contribution in [0, 0.1) is 12.8 Å². The summed E-state index contributed by atoms with van der Waals surface area (Å²) in [5.74, 6) is 0.709. The van der Waals surface area contributed by atoms with Crippen LogP contribution in [0.15, 0.2) is 12.6 Å². The molecule has 0 bridgehead atoms. The van der Waals surface area contributed by atoms with Gasteiger partial charge in [-0.05, 0) is 37.0 Å². The third kappa shape index (κ3) is 2.00. The summed E-state index contributed by atoms with van der Waals surface area (Å²) in [5.41, 5.74) is 3.77. The molecule has 1 heterocycles. The van der Waals surface area contributed by atoms with E-state index in [1.165, 1.54) is 11.3 Å². The van der Waals surface area contributed by atoms with Gasteiger partial charge in [0.1, 0.15) is 0 Å². The largest absolute Gasteiger partial charge is 0.359 e. The zero-order valence-corrected chi connectivity index (χ0v) is 8.15. The Bertz CT molecular complexity index is 269.